The Labute approximate surface area is 130 Å². The molecule has 0 amide bonds. The second-order valence-electron chi connectivity index (χ2n) is 5.83. The largest absolute Gasteiger partial charge is 0.496 e. The van der Waals surface area contributed by atoms with Crippen molar-refractivity contribution in [3.63, 3.8) is 0 Å². The van der Waals surface area contributed by atoms with Gasteiger partial charge >= 0.3 is 0 Å². The molecule has 114 valence electrons. The maximum Gasteiger partial charge on any atom is 0.137 e. The van der Waals surface area contributed by atoms with E-state index in [1.54, 1.807) is 7.11 Å². The summed E-state index contributed by atoms with van der Waals surface area (Å²) in [4.78, 5) is 7.56. The minimum absolute atomic E-state index is 0.603. The summed E-state index contributed by atoms with van der Waals surface area (Å²) in [5, 5.41) is 4.52. The Hall–Kier alpha value is -2.49. The topological polar surface area (TPSA) is 49.9 Å². The van der Waals surface area contributed by atoms with E-state index in [9.17, 15) is 0 Å². The third-order valence-electron chi connectivity index (χ3n) is 3.63. The highest BCUT2D eigenvalue weighted by atomic mass is 16.5. The van der Waals surface area contributed by atoms with Gasteiger partial charge in [-0.15, -0.1) is 0 Å². The first kappa shape index (κ1) is 14.4. The molecule has 2 aromatic heterocycles. The van der Waals surface area contributed by atoms with Crippen LogP contribution in [-0.4, -0.2) is 23.6 Å². The molecule has 0 radical (unpaired) electrons. The van der Waals surface area contributed by atoms with Gasteiger partial charge in [-0.2, -0.15) is 0 Å². The minimum atomic E-state index is 0.603. The van der Waals surface area contributed by atoms with E-state index in [-0.39, 0.29) is 0 Å². The zero-order valence-corrected chi connectivity index (χ0v) is 13.2. The smallest absolute Gasteiger partial charge is 0.137 e. The Kier molecular flexibility index (Phi) is 4.00. The van der Waals surface area contributed by atoms with Gasteiger partial charge in [0.2, 0.25) is 0 Å². The van der Waals surface area contributed by atoms with E-state index in [2.05, 4.69) is 47.3 Å². The van der Waals surface area contributed by atoms with Crippen LogP contribution < -0.4 is 10.1 Å². The van der Waals surface area contributed by atoms with E-state index in [4.69, 9.17) is 4.74 Å². The standard InChI is InChI=1S/C18H21N3O/c1-12(2)10-20-15-4-5-16(17(9-15)22-3)14-8-13-6-7-19-18(13)21-11-14/h4-9,11-12,20H,10H2,1-3H3,(H,19,21). The monoisotopic (exact) mass is 295 g/mol. The number of fused-ring (bicyclic) bond motifs is 1. The summed E-state index contributed by atoms with van der Waals surface area (Å²) in [6.45, 7) is 5.33. The summed E-state index contributed by atoms with van der Waals surface area (Å²) in [6.07, 6.45) is 3.77. The van der Waals surface area contributed by atoms with Crippen LogP contribution in [0, 0.1) is 5.92 Å². The number of ether oxygens (including phenoxy) is 1. The highest BCUT2D eigenvalue weighted by Gasteiger charge is 2.09. The summed E-state index contributed by atoms with van der Waals surface area (Å²) in [6, 6.07) is 10.4. The lowest BCUT2D eigenvalue weighted by atomic mass is 10.0. The first-order valence-electron chi connectivity index (χ1n) is 7.53. The molecule has 2 heterocycles. The average molecular weight is 295 g/mol. The van der Waals surface area contributed by atoms with Crippen molar-refractivity contribution in [3.8, 4) is 16.9 Å². The van der Waals surface area contributed by atoms with Crippen molar-refractivity contribution in [1.29, 1.82) is 0 Å². The molecule has 2 N–H and O–H groups in total. The molecule has 0 fully saturated rings. The predicted octanol–water partition coefficient (Wildman–Crippen LogP) is 4.31. The SMILES string of the molecule is COc1cc(NCC(C)C)ccc1-c1cnc2[nH]ccc2c1. The van der Waals surface area contributed by atoms with E-state index >= 15 is 0 Å². The zero-order valence-electron chi connectivity index (χ0n) is 13.2. The second kappa shape index (κ2) is 6.10. The number of nitrogens with zero attached hydrogens (tertiary/aromatic N) is 1. The van der Waals surface area contributed by atoms with Crippen molar-refractivity contribution in [2.75, 3.05) is 19.0 Å². The van der Waals surface area contributed by atoms with Crippen molar-refractivity contribution in [2.24, 2.45) is 5.92 Å². The van der Waals surface area contributed by atoms with Crippen LogP contribution in [0.25, 0.3) is 22.2 Å². The highest BCUT2D eigenvalue weighted by Crippen LogP contribution is 2.33. The molecule has 0 unspecified atom stereocenters. The maximum atomic E-state index is 5.57. The Morgan fingerprint density at radius 3 is 2.86 bits per heavy atom. The number of aromatic amines is 1. The average Bonchev–Trinajstić information content (AvgIpc) is 3.00. The van der Waals surface area contributed by atoms with Gasteiger partial charge in [-0.05, 0) is 30.2 Å². The van der Waals surface area contributed by atoms with E-state index in [0.717, 1.165) is 40.1 Å². The molecule has 4 heteroatoms. The van der Waals surface area contributed by atoms with Crippen LogP contribution in [0.1, 0.15) is 13.8 Å². The maximum absolute atomic E-state index is 5.57. The van der Waals surface area contributed by atoms with E-state index in [1.807, 2.05) is 24.5 Å². The fourth-order valence-corrected chi connectivity index (χ4v) is 2.45. The first-order chi connectivity index (χ1) is 10.7. The number of rotatable bonds is 5. The highest BCUT2D eigenvalue weighted by molar-refractivity contribution is 5.83. The van der Waals surface area contributed by atoms with Crippen LogP contribution in [-0.2, 0) is 0 Å². The van der Waals surface area contributed by atoms with Gasteiger partial charge in [0.15, 0.2) is 0 Å². The Bertz CT molecular complexity index is 777. The van der Waals surface area contributed by atoms with Gasteiger partial charge in [0.05, 0.1) is 7.11 Å². The molecular formula is C18H21N3O. The molecule has 0 saturated carbocycles. The fraction of sp³-hybridized carbons (Fsp3) is 0.278. The second-order valence-corrected chi connectivity index (χ2v) is 5.83. The Morgan fingerprint density at radius 1 is 1.23 bits per heavy atom. The van der Waals surface area contributed by atoms with E-state index < -0.39 is 0 Å². The van der Waals surface area contributed by atoms with Gasteiger partial charge in [0, 0.05) is 47.2 Å². The number of methoxy groups -OCH3 is 1. The van der Waals surface area contributed by atoms with Gasteiger partial charge in [0.1, 0.15) is 11.4 Å². The van der Waals surface area contributed by atoms with Crippen molar-refractivity contribution in [1.82, 2.24) is 9.97 Å². The van der Waals surface area contributed by atoms with Gasteiger partial charge in [0.25, 0.3) is 0 Å². The molecule has 3 rings (SSSR count). The van der Waals surface area contributed by atoms with E-state index in [1.165, 1.54) is 0 Å². The van der Waals surface area contributed by atoms with Gasteiger partial charge in [-0.25, -0.2) is 4.98 Å². The number of nitrogens with one attached hydrogen (secondary N) is 2. The lowest BCUT2D eigenvalue weighted by Gasteiger charge is -2.13. The molecule has 0 aliphatic rings. The summed E-state index contributed by atoms with van der Waals surface area (Å²) in [7, 11) is 1.70. The first-order valence-corrected chi connectivity index (χ1v) is 7.53. The van der Waals surface area contributed by atoms with Crippen molar-refractivity contribution >= 4 is 16.7 Å². The summed E-state index contributed by atoms with van der Waals surface area (Å²) >= 11 is 0. The molecule has 22 heavy (non-hydrogen) atoms. The molecule has 0 spiro atoms. The van der Waals surface area contributed by atoms with Crippen molar-refractivity contribution < 1.29 is 4.74 Å². The molecule has 0 saturated heterocycles. The number of H-pyrrole nitrogens is 1. The van der Waals surface area contributed by atoms with Crippen LogP contribution in [0.5, 0.6) is 5.75 Å². The lowest BCUT2D eigenvalue weighted by Crippen LogP contribution is -2.07. The normalized spacial score (nSPS) is 11.1. The molecule has 4 nitrogen and oxygen atoms in total. The molecule has 1 aromatic carbocycles. The van der Waals surface area contributed by atoms with Crippen LogP contribution >= 0.6 is 0 Å². The number of hydrogen-bond donors (Lipinski definition) is 2. The zero-order chi connectivity index (χ0) is 15.5. The summed E-state index contributed by atoms with van der Waals surface area (Å²) in [5.74, 6) is 1.45. The minimum Gasteiger partial charge on any atom is -0.496 e. The lowest BCUT2D eigenvalue weighted by molar-refractivity contribution is 0.416. The fourth-order valence-electron chi connectivity index (χ4n) is 2.45. The van der Waals surface area contributed by atoms with E-state index in [0.29, 0.717) is 5.92 Å². The Morgan fingerprint density at radius 2 is 2.09 bits per heavy atom. The van der Waals surface area contributed by atoms with Crippen LogP contribution in [0.3, 0.4) is 0 Å². The number of pyridine rings is 1. The third-order valence-corrected chi connectivity index (χ3v) is 3.63. The Balaban J connectivity index is 1.95. The number of benzene rings is 1. The van der Waals surface area contributed by atoms with Gasteiger partial charge in [-0.1, -0.05) is 13.8 Å². The molecule has 0 bridgehead atoms. The molecule has 0 aliphatic heterocycles. The predicted molar refractivity (Wildman–Crippen MR) is 91.4 cm³/mol. The molecule has 0 aliphatic carbocycles. The third kappa shape index (κ3) is 2.91. The number of anilines is 1. The quantitative estimate of drug-likeness (QED) is 0.737. The van der Waals surface area contributed by atoms with Crippen LogP contribution in [0.15, 0.2) is 42.7 Å². The molecule has 0 atom stereocenters. The van der Waals surface area contributed by atoms with Crippen LogP contribution in [0.2, 0.25) is 0 Å². The number of aromatic nitrogens is 2. The van der Waals surface area contributed by atoms with Gasteiger partial charge < -0.3 is 15.0 Å². The summed E-state index contributed by atoms with van der Waals surface area (Å²) in [5.41, 5.74) is 4.08. The van der Waals surface area contributed by atoms with Crippen molar-refractivity contribution in [3.05, 3.63) is 42.7 Å². The molecular weight excluding hydrogens is 274 g/mol. The van der Waals surface area contributed by atoms with Crippen molar-refractivity contribution in [2.45, 2.75) is 13.8 Å². The van der Waals surface area contributed by atoms with Crippen LogP contribution in [0.4, 0.5) is 5.69 Å². The summed E-state index contributed by atoms with van der Waals surface area (Å²) < 4.78 is 5.57. The molecule has 3 aromatic rings. The number of hydrogen-bond acceptors (Lipinski definition) is 3. The van der Waals surface area contributed by atoms with Gasteiger partial charge in [-0.3, -0.25) is 0 Å².